The number of benzene rings is 1. The van der Waals surface area contributed by atoms with Crippen LogP contribution in [0.4, 0.5) is 0 Å². The lowest BCUT2D eigenvalue weighted by Gasteiger charge is -2.30. The van der Waals surface area contributed by atoms with Crippen LogP contribution in [0.3, 0.4) is 0 Å². The number of rotatable bonds is 7. The third-order valence-corrected chi connectivity index (χ3v) is 5.58. The van der Waals surface area contributed by atoms with Crippen molar-refractivity contribution < 1.29 is 14.3 Å². The van der Waals surface area contributed by atoms with E-state index in [9.17, 15) is 4.79 Å². The number of likely N-dealkylation sites (tertiary alicyclic amines) is 2. The highest BCUT2D eigenvalue weighted by Crippen LogP contribution is 2.21. The number of piperidine rings is 2. The van der Waals surface area contributed by atoms with Gasteiger partial charge in [-0.25, -0.2) is 0 Å². The molecule has 5 heteroatoms. The minimum Gasteiger partial charge on any atom is -0.492 e. The Bertz CT molecular complexity index is 547. The Morgan fingerprint density at radius 3 is 2.35 bits per heavy atom. The van der Waals surface area contributed by atoms with E-state index in [0.717, 1.165) is 51.4 Å². The van der Waals surface area contributed by atoms with Crippen LogP contribution in [0.2, 0.25) is 0 Å². The first-order chi connectivity index (χ1) is 12.7. The molecule has 2 fully saturated rings. The lowest BCUT2D eigenvalue weighted by atomic mass is 9.96. The first kappa shape index (κ1) is 19.2. The molecule has 0 bridgehead atoms. The summed E-state index contributed by atoms with van der Waals surface area (Å²) in [5.41, 5.74) is 1.30. The minimum absolute atomic E-state index is 0.0595. The van der Waals surface area contributed by atoms with Gasteiger partial charge in [-0.1, -0.05) is 18.6 Å². The second-order valence-electron chi connectivity index (χ2n) is 7.47. The van der Waals surface area contributed by atoms with Gasteiger partial charge in [0.05, 0.1) is 13.0 Å². The van der Waals surface area contributed by atoms with Gasteiger partial charge in [0.15, 0.2) is 0 Å². The highest BCUT2D eigenvalue weighted by Gasteiger charge is 2.25. The zero-order chi connectivity index (χ0) is 18.2. The summed E-state index contributed by atoms with van der Waals surface area (Å²) in [5, 5.41) is 0. The molecule has 0 aliphatic carbocycles. The van der Waals surface area contributed by atoms with Crippen LogP contribution in [0.15, 0.2) is 24.3 Å². The van der Waals surface area contributed by atoms with Crippen LogP contribution in [0.25, 0.3) is 0 Å². The van der Waals surface area contributed by atoms with Gasteiger partial charge < -0.3 is 9.47 Å². The standard InChI is InChI=1S/C21H32N2O3/c1-25-21(24)19-9-13-23(14-10-19)17-18-5-7-20(8-6-18)26-16-15-22-11-3-2-4-12-22/h5-8,19H,2-4,9-17H2,1H3. The van der Waals surface area contributed by atoms with Gasteiger partial charge in [-0.3, -0.25) is 14.6 Å². The van der Waals surface area contributed by atoms with Crippen LogP contribution in [-0.4, -0.2) is 62.2 Å². The smallest absolute Gasteiger partial charge is 0.308 e. The molecule has 2 aliphatic rings. The largest absolute Gasteiger partial charge is 0.492 e. The third kappa shape index (κ3) is 5.71. The van der Waals surface area contributed by atoms with E-state index in [1.54, 1.807) is 0 Å². The molecule has 2 saturated heterocycles. The lowest BCUT2D eigenvalue weighted by molar-refractivity contribution is -0.147. The van der Waals surface area contributed by atoms with E-state index in [1.165, 1.54) is 45.0 Å². The molecule has 0 unspecified atom stereocenters. The second kappa shape index (κ2) is 9.93. The van der Waals surface area contributed by atoms with Gasteiger partial charge in [-0.05, 0) is 69.6 Å². The maximum Gasteiger partial charge on any atom is 0.308 e. The van der Waals surface area contributed by atoms with Gasteiger partial charge in [0.1, 0.15) is 12.4 Å². The number of esters is 1. The molecule has 2 aliphatic heterocycles. The average molecular weight is 360 g/mol. The summed E-state index contributed by atoms with van der Waals surface area (Å²) >= 11 is 0. The Balaban J connectivity index is 1.37. The summed E-state index contributed by atoms with van der Waals surface area (Å²) in [5.74, 6) is 0.970. The third-order valence-electron chi connectivity index (χ3n) is 5.58. The lowest BCUT2D eigenvalue weighted by Crippen LogP contribution is -2.36. The molecular weight excluding hydrogens is 328 g/mol. The van der Waals surface area contributed by atoms with Gasteiger partial charge in [0, 0.05) is 13.1 Å². The summed E-state index contributed by atoms with van der Waals surface area (Å²) in [6.45, 7) is 7.06. The van der Waals surface area contributed by atoms with E-state index in [1.807, 2.05) is 0 Å². The van der Waals surface area contributed by atoms with Crippen molar-refractivity contribution in [2.45, 2.75) is 38.6 Å². The minimum atomic E-state index is -0.0595. The van der Waals surface area contributed by atoms with E-state index in [0.29, 0.717) is 0 Å². The molecular formula is C21H32N2O3. The van der Waals surface area contributed by atoms with Crippen molar-refractivity contribution in [2.75, 3.05) is 46.4 Å². The number of hydrogen-bond acceptors (Lipinski definition) is 5. The number of methoxy groups -OCH3 is 1. The van der Waals surface area contributed by atoms with E-state index < -0.39 is 0 Å². The van der Waals surface area contributed by atoms with Gasteiger partial charge in [0.25, 0.3) is 0 Å². The fourth-order valence-electron chi connectivity index (χ4n) is 3.92. The molecule has 2 heterocycles. The summed E-state index contributed by atoms with van der Waals surface area (Å²) < 4.78 is 10.8. The molecule has 26 heavy (non-hydrogen) atoms. The summed E-state index contributed by atoms with van der Waals surface area (Å²) in [6.07, 6.45) is 5.81. The molecule has 1 aromatic rings. The van der Waals surface area contributed by atoms with Gasteiger partial charge in [-0.2, -0.15) is 0 Å². The Morgan fingerprint density at radius 2 is 1.69 bits per heavy atom. The van der Waals surface area contributed by atoms with Gasteiger partial charge >= 0.3 is 5.97 Å². The highest BCUT2D eigenvalue weighted by molar-refractivity contribution is 5.72. The number of hydrogen-bond donors (Lipinski definition) is 0. The van der Waals surface area contributed by atoms with Crippen molar-refractivity contribution >= 4 is 5.97 Å². The molecule has 0 aromatic heterocycles. The monoisotopic (exact) mass is 360 g/mol. The maximum atomic E-state index is 11.6. The highest BCUT2D eigenvalue weighted by atomic mass is 16.5. The Hall–Kier alpha value is -1.59. The van der Waals surface area contributed by atoms with Crippen molar-refractivity contribution in [3.63, 3.8) is 0 Å². The number of ether oxygens (including phenoxy) is 2. The fourth-order valence-corrected chi connectivity index (χ4v) is 3.92. The van der Waals surface area contributed by atoms with Crippen LogP contribution < -0.4 is 4.74 Å². The molecule has 5 nitrogen and oxygen atoms in total. The van der Waals surface area contributed by atoms with Crippen LogP contribution in [-0.2, 0) is 16.1 Å². The molecule has 0 radical (unpaired) electrons. The van der Waals surface area contributed by atoms with E-state index in [4.69, 9.17) is 9.47 Å². The van der Waals surface area contributed by atoms with Crippen molar-refractivity contribution in [1.82, 2.24) is 9.80 Å². The molecule has 0 spiro atoms. The van der Waals surface area contributed by atoms with Crippen molar-refractivity contribution in [2.24, 2.45) is 5.92 Å². The second-order valence-corrected chi connectivity index (χ2v) is 7.47. The molecule has 3 rings (SSSR count). The molecule has 144 valence electrons. The van der Waals surface area contributed by atoms with Crippen molar-refractivity contribution in [3.05, 3.63) is 29.8 Å². The number of nitrogens with zero attached hydrogens (tertiary/aromatic N) is 2. The zero-order valence-electron chi connectivity index (χ0n) is 16.0. The first-order valence-corrected chi connectivity index (χ1v) is 9.99. The predicted octanol–water partition coefficient (Wildman–Crippen LogP) is 2.94. The SMILES string of the molecule is COC(=O)C1CCN(Cc2ccc(OCCN3CCCCC3)cc2)CC1. The normalized spacial score (nSPS) is 20.0. The first-order valence-electron chi connectivity index (χ1n) is 9.99. The number of carbonyl (C=O) groups is 1. The zero-order valence-corrected chi connectivity index (χ0v) is 16.0. The van der Waals surface area contributed by atoms with E-state index >= 15 is 0 Å². The number of carbonyl (C=O) groups excluding carboxylic acids is 1. The van der Waals surface area contributed by atoms with Gasteiger partial charge in [0.2, 0.25) is 0 Å². The quantitative estimate of drug-likeness (QED) is 0.700. The van der Waals surface area contributed by atoms with Crippen LogP contribution in [0.5, 0.6) is 5.75 Å². The van der Waals surface area contributed by atoms with Crippen LogP contribution >= 0.6 is 0 Å². The Labute approximate surface area is 157 Å². The predicted molar refractivity (Wildman–Crippen MR) is 102 cm³/mol. The van der Waals surface area contributed by atoms with Crippen molar-refractivity contribution in [1.29, 1.82) is 0 Å². The Kier molecular flexibility index (Phi) is 7.32. The molecule has 1 aromatic carbocycles. The van der Waals surface area contributed by atoms with E-state index in [2.05, 4.69) is 34.1 Å². The van der Waals surface area contributed by atoms with E-state index in [-0.39, 0.29) is 11.9 Å². The molecule has 0 amide bonds. The summed E-state index contributed by atoms with van der Waals surface area (Å²) in [4.78, 5) is 16.5. The summed E-state index contributed by atoms with van der Waals surface area (Å²) in [7, 11) is 1.48. The van der Waals surface area contributed by atoms with Crippen LogP contribution in [0.1, 0.15) is 37.7 Å². The van der Waals surface area contributed by atoms with Gasteiger partial charge in [-0.15, -0.1) is 0 Å². The van der Waals surface area contributed by atoms with Crippen LogP contribution in [0, 0.1) is 5.92 Å². The maximum absolute atomic E-state index is 11.6. The molecule has 0 saturated carbocycles. The fraction of sp³-hybridized carbons (Fsp3) is 0.667. The van der Waals surface area contributed by atoms with Crippen molar-refractivity contribution in [3.8, 4) is 5.75 Å². The average Bonchev–Trinajstić information content (AvgIpc) is 2.70. The Morgan fingerprint density at radius 1 is 1.00 bits per heavy atom. The topological polar surface area (TPSA) is 42.0 Å². The molecule has 0 atom stereocenters. The molecule has 0 N–H and O–H groups in total. The summed E-state index contributed by atoms with van der Waals surface area (Å²) in [6, 6.07) is 8.46.